The molecule has 2 fully saturated rings. The van der Waals surface area contributed by atoms with Crippen molar-refractivity contribution in [3.63, 3.8) is 0 Å². The van der Waals surface area contributed by atoms with Gasteiger partial charge in [0.25, 0.3) is 0 Å². The molecule has 3 rings (SSSR count). The lowest BCUT2D eigenvalue weighted by atomic mass is 9.87. The molecule has 2 heterocycles. The first kappa shape index (κ1) is 12.7. The second kappa shape index (κ2) is 4.38. The van der Waals surface area contributed by atoms with Crippen LogP contribution in [-0.2, 0) is 9.47 Å². The molecule has 0 spiro atoms. The van der Waals surface area contributed by atoms with Crippen LogP contribution in [0.25, 0.3) is 0 Å². The quantitative estimate of drug-likeness (QED) is 0.739. The minimum absolute atomic E-state index is 0.0822. The van der Waals surface area contributed by atoms with Crippen LogP contribution < -0.4 is 0 Å². The number of benzene rings is 1. The highest BCUT2D eigenvalue weighted by atomic mass is 16.6. The number of carbonyl (C=O) groups is 1. The van der Waals surface area contributed by atoms with E-state index >= 15 is 0 Å². The third-order valence-electron chi connectivity index (χ3n) is 3.80. The molecule has 2 aliphatic rings. The SMILES string of the molecule is Cc1ccc(C(=O)[C@@]2(O)CO[C@@H]3[C@@H](O)CO[C@@H]32)cc1. The molecule has 2 N–H and O–H groups in total. The molecule has 0 amide bonds. The molecule has 19 heavy (non-hydrogen) atoms. The highest BCUT2D eigenvalue weighted by Gasteiger charge is 2.59. The van der Waals surface area contributed by atoms with Gasteiger partial charge in [-0.3, -0.25) is 4.79 Å². The smallest absolute Gasteiger partial charge is 0.199 e. The molecule has 2 saturated heterocycles. The van der Waals surface area contributed by atoms with Crippen molar-refractivity contribution in [2.45, 2.75) is 30.8 Å². The Bertz CT molecular complexity index is 497. The van der Waals surface area contributed by atoms with Crippen molar-refractivity contribution in [2.75, 3.05) is 13.2 Å². The summed E-state index contributed by atoms with van der Waals surface area (Å²) in [6, 6.07) is 6.98. The number of aryl methyl sites for hydroxylation is 1. The number of hydrogen-bond donors (Lipinski definition) is 2. The van der Waals surface area contributed by atoms with Gasteiger partial charge < -0.3 is 19.7 Å². The number of carbonyl (C=O) groups excluding carboxylic acids is 1. The van der Waals surface area contributed by atoms with Gasteiger partial charge in [-0.1, -0.05) is 29.8 Å². The summed E-state index contributed by atoms with van der Waals surface area (Å²) < 4.78 is 10.7. The lowest BCUT2D eigenvalue weighted by Crippen LogP contribution is -2.50. The van der Waals surface area contributed by atoms with E-state index in [1.54, 1.807) is 12.1 Å². The topological polar surface area (TPSA) is 76.0 Å². The number of aliphatic hydroxyl groups excluding tert-OH is 1. The second-order valence-corrected chi connectivity index (χ2v) is 5.22. The van der Waals surface area contributed by atoms with E-state index in [0.29, 0.717) is 5.56 Å². The van der Waals surface area contributed by atoms with Crippen LogP contribution in [0.3, 0.4) is 0 Å². The molecule has 0 aromatic heterocycles. The van der Waals surface area contributed by atoms with Crippen LogP contribution in [0, 0.1) is 6.92 Å². The van der Waals surface area contributed by atoms with Crippen LogP contribution in [-0.4, -0.2) is 53.1 Å². The highest BCUT2D eigenvalue weighted by molar-refractivity contribution is 6.03. The van der Waals surface area contributed by atoms with E-state index in [0.717, 1.165) is 5.56 Å². The Hall–Kier alpha value is -1.27. The van der Waals surface area contributed by atoms with E-state index in [4.69, 9.17) is 9.47 Å². The molecule has 0 saturated carbocycles. The van der Waals surface area contributed by atoms with Gasteiger partial charge in [0.1, 0.15) is 18.3 Å². The molecular weight excluding hydrogens is 248 g/mol. The van der Waals surface area contributed by atoms with Crippen molar-refractivity contribution >= 4 is 5.78 Å². The van der Waals surface area contributed by atoms with Gasteiger partial charge >= 0.3 is 0 Å². The normalized spacial score (nSPS) is 37.3. The van der Waals surface area contributed by atoms with Crippen LogP contribution in [0.2, 0.25) is 0 Å². The third-order valence-corrected chi connectivity index (χ3v) is 3.80. The molecule has 102 valence electrons. The summed E-state index contributed by atoms with van der Waals surface area (Å²) in [5.74, 6) is -0.422. The summed E-state index contributed by atoms with van der Waals surface area (Å²) in [5, 5.41) is 20.2. The number of ether oxygens (including phenoxy) is 2. The molecule has 1 aromatic carbocycles. The number of rotatable bonds is 2. The first-order chi connectivity index (χ1) is 9.02. The Morgan fingerprint density at radius 1 is 1.32 bits per heavy atom. The van der Waals surface area contributed by atoms with E-state index in [2.05, 4.69) is 0 Å². The van der Waals surface area contributed by atoms with Crippen LogP contribution in [0.5, 0.6) is 0 Å². The molecule has 0 aliphatic carbocycles. The monoisotopic (exact) mass is 264 g/mol. The number of Topliss-reactive ketones (excluding diaryl/α,β-unsaturated/α-hetero) is 1. The van der Waals surface area contributed by atoms with Gasteiger partial charge in [0.15, 0.2) is 11.4 Å². The maximum Gasteiger partial charge on any atom is 0.199 e. The minimum atomic E-state index is -1.71. The lowest BCUT2D eigenvalue weighted by molar-refractivity contribution is -0.0483. The molecule has 2 aliphatic heterocycles. The van der Waals surface area contributed by atoms with Gasteiger partial charge in [0.2, 0.25) is 0 Å². The predicted molar refractivity (Wildman–Crippen MR) is 65.9 cm³/mol. The van der Waals surface area contributed by atoms with Crippen molar-refractivity contribution in [3.8, 4) is 0 Å². The lowest BCUT2D eigenvalue weighted by Gasteiger charge is -2.25. The molecular formula is C14H16O5. The molecule has 0 unspecified atom stereocenters. The fourth-order valence-corrected chi connectivity index (χ4v) is 2.66. The summed E-state index contributed by atoms with van der Waals surface area (Å²) in [7, 11) is 0. The first-order valence-corrected chi connectivity index (χ1v) is 6.27. The summed E-state index contributed by atoms with van der Waals surface area (Å²) in [5.41, 5.74) is -0.254. The fourth-order valence-electron chi connectivity index (χ4n) is 2.66. The minimum Gasteiger partial charge on any atom is -0.388 e. The van der Waals surface area contributed by atoms with Crippen LogP contribution in [0.4, 0.5) is 0 Å². The second-order valence-electron chi connectivity index (χ2n) is 5.22. The fraction of sp³-hybridized carbons (Fsp3) is 0.500. The molecule has 5 heteroatoms. The maximum absolute atomic E-state index is 12.4. The van der Waals surface area contributed by atoms with Crippen molar-refractivity contribution in [3.05, 3.63) is 35.4 Å². The van der Waals surface area contributed by atoms with Crippen molar-refractivity contribution in [1.82, 2.24) is 0 Å². The summed E-state index contributed by atoms with van der Waals surface area (Å²) in [6.45, 7) is 1.86. The van der Waals surface area contributed by atoms with Gasteiger partial charge in [0, 0.05) is 5.56 Å². The first-order valence-electron chi connectivity index (χ1n) is 6.27. The zero-order chi connectivity index (χ0) is 13.6. The van der Waals surface area contributed by atoms with Crippen LogP contribution in [0.15, 0.2) is 24.3 Å². The van der Waals surface area contributed by atoms with E-state index in [9.17, 15) is 15.0 Å². The zero-order valence-corrected chi connectivity index (χ0v) is 10.6. The maximum atomic E-state index is 12.4. The molecule has 1 aromatic rings. The zero-order valence-electron chi connectivity index (χ0n) is 10.6. The number of hydrogen-bond acceptors (Lipinski definition) is 5. The van der Waals surface area contributed by atoms with E-state index in [1.165, 1.54) is 0 Å². The Morgan fingerprint density at radius 3 is 2.68 bits per heavy atom. The van der Waals surface area contributed by atoms with Crippen molar-refractivity contribution in [2.24, 2.45) is 0 Å². The van der Waals surface area contributed by atoms with Gasteiger partial charge in [-0.2, -0.15) is 0 Å². The van der Waals surface area contributed by atoms with Crippen LogP contribution >= 0.6 is 0 Å². The summed E-state index contributed by atoms with van der Waals surface area (Å²) in [4.78, 5) is 12.4. The Labute approximate surface area is 110 Å². The van der Waals surface area contributed by atoms with E-state index in [-0.39, 0.29) is 13.2 Å². The molecule has 0 radical (unpaired) electrons. The largest absolute Gasteiger partial charge is 0.388 e. The Morgan fingerprint density at radius 2 is 2.00 bits per heavy atom. The summed E-state index contributed by atoms with van der Waals surface area (Å²) >= 11 is 0. The Kier molecular flexibility index (Phi) is 2.94. The van der Waals surface area contributed by atoms with Gasteiger partial charge in [-0.15, -0.1) is 0 Å². The average Bonchev–Trinajstić information content (AvgIpc) is 2.93. The molecule has 4 atom stereocenters. The standard InChI is InChI=1S/C14H16O5/c1-8-2-4-9(5-3-8)12(16)14(17)7-19-11-10(15)6-18-13(11)14/h2-5,10-11,13,15,17H,6-7H2,1H3/t10-,11+,13-,14-/m0/s1. The Balaban J connectivity index is 1.89. The van der Waals surface area contributed by atoms with Gasteiger partial charge in [-0.25, -0.2) is 0 Å². The average molecular weight is 264 g/mol. The van der Waals surface area contributed by atoms with Gasteiger partial charge in [-0.05, 0) is 6.92 Å². The van der Waals surface area contributed by atoms with Crippen molar-refractivity contribution in [1.29, 1.82) is 0 Å². The number of fused-ring (bicyclic) bond motifs is 1. The van der Waals surface area contributed by atoms with Gasteiger partial charge in [0.05, 0.1) is 13.2 Å². The molecule has 5 nitrogen and oxygen atoms in total. The number of ketones is 1. The number of aliphatic hydroxyl groups is 2. The van der Waals surface area contributed by atoms with E-state index in [1.807, 2.05) is 19.1 Å². The summed E-state index contributed by atoms with van der Waals surface area (Å²) in [6.07, 6.45) is -2.21. The van der Waals surface area contributed by atoms with Crippen molar-refractivity contribution < 1.29 is 24.5 Å². The third kappa shape index (κ3) is 1.90. The van der Waals surface area contributed by atoms with E-state index < -0.39 is 29.7 Å². The van der Waals surface area contributed by atoms with Crippen LogP contribution in [0.1, 0.15) is 15.9 Å². The molecule has 0 bridgehead atoms. The highest BCUT2D eigenvalue weighted by Crippen LogP contribution is 2.36. The predicted octanol–water partition coefficient (Wildman–Crippen LogP) is 0.0673.